The lowest BCUT2D eigenvalue weighted by molar-refractivity contribution is 1.64. The van der Waals surface area contributed by atoms with Crippen LogP contribution in [-0.4, -0.2) is 0 Å². The second-order valence-electron chi connectivity index (χ2n) is 13.1. The molecule has 0 fully saturated rings. The second-order valence-corrected chi connectivity index (χ2v) is 13.1. The van der Waals surface area contributed by atoms with Crippen molar-refractivity contribution in [1.82, 2.24) is 0 Å². The molecule has 220 valence electrons. The lowest BCUT2D eigenvalue weighted by atomic mass is 9.78. The lowest BCUT2D eigenvalue weighted by Crippen LogP contribution is -1.96. The third-order valence-electron chi connectivity index (χ3n) is 10.7. The number of fused-ring (bicyclic) bond motifs is 6. The molecular formula is C48H28. The van der Waals surface area contributed by atoms with E-state index >= 15 is 0 Å². The third kappa shape index (κ3) is 3.34. The Bertz CT molecular complexity index is 2890. The molecule has 0 amide bonds. The Morgan fingerprint density at radius 1 is 0.208 bits per heavy atom. The van der Waals surface area contributed by atoms with Gasteiger partial charge in [0.1, 0.15) is 0 Å². The van der Waals surface area contributed by atoms with Crippen LogP contribution in [0.2, 0.25) is 0 Å². The van der Waals surface area contributed by atoms with E-state index in [9.17, 15) is 0 Å². The van der Waals surface area contributed by atoms with Gasteiger partial charge in [-0.2, -0.15) is 0 Å². The SMILES string of the molecule is c1ccc(-c2ccc3c4c5c(c(-c6ccccc6)c6c(-c7ccccc7)ccc(c7cccc2c73)c64)-c2cccc3cccc-5c23)cc1. The maximum atomic E-state index is 2.41. The van der Waals surface area contributed by atoms with Crippen molar-refractivity contribution in [3.63, 3.8) is 0 Å². The number of benzene rings is 10. The molecule has 48 heavy (non-hydrogen) atoms. The van der Waals surface area contributed by atoms with Gasteiger partial charge in [-0.25, -0.2) is 0 Å². The van der Waals surface area contributed by atoms with E-state index in [0.717, 1.165) is 0 Å². The molecule has 0 saturated heterocycles. The van der Waals surface area contributed by atoms with Crippen LogP contribution in [0.3, 0.4) is 0 Å². The smallest absolute Gasteiger partial charge is 0.000695 e. The molecule has 1 aliphatic carbocycles. The van der Waals surface area contributed by atoms with Gasteiger partial charge in [-0.1, -0.05) is 170 Å². The van der Waals surface area contributed by atoms with E-state index in [4.69, 9.17) is 0 Å². The summed E-state index contributed by atoms with van der Waals surface area (Å²) in [6.07, 6.45) is 0. The highest BCUT2D eigenvalue weighted by Crippen LogP contribution is 2.59. The summed E-state index contributed by atoms with van der Waals surface area (Å²) < 4.78 is 0. The Labute approximate surface area is 278 Å². The van der Waals surface area contributed by atoms with Crippen molar-refractivity contribution >= 4 is 53.9 Å². The van der Waals surface area contributed by atoms with Crippen molar-refractivity contribution in [3.05, 3.63) is 170 Å². The zero-order valence-corrected chi connectivity index (χ0v) is 26.2. The average molecular weight is 605 g/mol. The first-order valence-electron chi connectivity index (χ1n) is 16.8. The van der Waals surface area contributed by atoms with Gasteiger partial charge in [0.15, 0.2) is 0 Å². The van der Waals surface area contributed by atoms with Crippen molar-refractivity contribution < 1.29 is 0 Å². The highest BCUT2D eigenvalue weighted by molar-refractivity contribution is 6.43. The molecule has 0 heteroatoms. The standard InChI is InChI=1S/C48H28/c1-4-13-29(14-5-1)33-25-28-40-43-35(33)21-12-22-36(43)37-27-26-34(30-15-6-2-7-16-30)44-42(32-17-8-3-9-18-32)46-38-23-10-19-31-20-11-24-39(41(31)38)47(46)48(40)45(37)44/h1-28H. The second kappa shape index (κ2) is 9.64. The largest absolute Gasteiger partial charge is 0.0622 e. The van der Waals surface area contributed by atoms with E-state index in [0.29, 0.717) is 0 Å². The van der Waals surface area contributed by atoms with E-state index in [1.807, 2.05) is 0 Å². The molecule has 0 spiro atoms. The quantitative estimate of drug-likeness (QED) is 0.139. The summed E-state index contributed by atoms with van der Waals surface area (Å²) in [6, 6.07) is 63.0. The molecule has 0 saturated carbocycles. The van der Waals surface area contributed by atoms with Crippen LogP contribution in [0.15, 0.2) is 170 Å². The fourth-order valence-corrected chi connectivity index (χ4v) is 8.87. The fraction of sp³-hybridized carbons (Fsp3) is 0. The van der Waals surface area contributed by atoms with E-state index in [-0.39, 0.29) is 0 Å². The molecule has 0 atom stereocenters. The Morgan fingerprint density at radius 2 is 0.750 bits per heavy atom. The first kappa shape index (κ1) is 25.9. The topological polar surface area (TPSA) is 0 Å². The number of rotatable bonds is 3. The lowest BCUT2D eigenvalue weighted by Gasteiger charge is -2.24. The summed E-state index contributed by atoms with van der Waals surface area (Å²) in [7, 11) is 0. The Morgan fingerprint density at radius 3 is 1.46 bits per heavy atom. The molecule has 0 N–H and O–H groups in total. The molecule has 10 aromatic carbocycles. The van der Waals surface area contributed by atoms with Crippen molar-refractivity contribution in [2.24, 2.45) is 0 Å². The predicted octanol–water partition coefficient (Wildman–Crippen LogP) is 13.5. The van der Waals surface area contributed by atoms with Crippen LogP contribution in [0.4, 0.5) is 0 Å². The van der Waals surface area contributed by atoms with Crippen LogP contribution >= 0.6 is 0 Å². The normalized spacial score (nSPS) is 12.2. The van der Waals surface area contributed by atoms with Crippen LogP contribution in [-0.2, 0) is 0 Å². The molecule has 0 bridgehead atoms. The van der Waals surface area contributed by atoms with Crippen molar-refractivity contribution in [3.8, 4) is 55.6 Å². The third-order valence-corrected chi connectivity index (χ3v) is 10.7. The minimum absolute atomic E-state index is 1.24. The number of hydrogen-bond acceptors (Lipinski definition) is 0. The van der Waals surface area contributed by atoms with Crippen molar-refractivity contribution in [2.45, 2.75) is 0 Å². The van der Waals surface area contributed by atoms with Crippen molar-refractivity contribution in [1.29, 1.82) is 0 Å². The fourth-order valence-electron chi connectivity index (χ4n) is 8.87. The summed E-state index contributed by atoms with van der Waals surface area (Å²) in [5, 5.41) is 13.3. The van der Waals surface area contributed by atoms with Crippen LogP contribution in [0.1, 0.15) is 0 Å². The van der Waals surface area contributed by atoms with E-state index in [2.05, 4.69) is 170 Å². The number of hydrogen-bond donors (Lipinski definition) is 0. The molecule has 0 radical (unpaired) electrons. The first-order chi connectivity index (χ1) is 23.9. The summed E-state index contributed by atoms with van der Waals surface area (Å²) >= 11 is 0. The van der Waals surface area contributed by atoms with E-state index in [1.165, 1.54) is 109 Å². The van der Waals surface area contributed by atoms with Crippen LogP contribution < -0.4 is 0 Å². The predicted molar refractivity (Wildman–Crippen MR) is 206 cm³/mol. The van der Waals surface area contributed by atoms with Crippen molar-refractivity contribution in [2.75, 3.05) is 0 Å². The summed E-state index contributed by atoms with van der Waals surface area (Å²) in [4.78, 5) is 0. The van der Waals surface area contributed by atoms with Gasteiger partial charge in [0.25, 0.3) is 0 Å². The van der Waals surface area contributed by atoms with E-state index < -0.39 is 0 Å². The molecular weight excluding hydrogens is 577 g/mol. The van der Waals surface area contributed by atoms with Gasteiger partial charge in [0, 0.05) is 0 Å². The summed E-state index contributed by atoms with van der Waals surface area (Å²) in [5.41, 5.74) is 13.0. The van der Waals surface area contributed by atoms with Gasteiger partial charge in [-0.3, -0.25) is 0 Å². The molecule has 0 unspecified atom stereocenters. The van der Waals surface area contributed by atoms with Gasteiger partial charge in [-0.15, -0.1) is 0 Å². The van der Waals surface area contributed by atoms with Crippen LogP contribution in [0.5, 0.6) is 0 Å². The highest BCUT2D eigenvalue weighted by Gasteiger charge is 2.32. The van der Waals surface area contributed by atoms with Crippen LogP contribution in [0, 0.1) is 0 Å². The average Bonchev–Trinajstić information content (AvgIpc) is 3.49. The van der Waals surface area contributed by atoms with Gasteiger partial charge in [0.05, 0.1) is 0 Å². The molecule has 0 heterocycles. The molecule has 1 aliphatic rings. The van der Waals surface area contributed by atoms with Gasteiger partial charge < -0.3 is 0 Å². The minimum Gasteiger partial charge on any atom is -0.0622 e. The molecule has 10 aromatic rings. The van der Waals surface area contributed by atoms with Gasteiger partial charge in [0.2, 0.25) is 0 Å². The minimum atomic E-state index is 1.24. The van der Waals surface area contributed by atoms with Crippen LogP contribution in [0.25, 0.3) is 109 Å². The molecule has 0 nitrogen and oxygen atoms in total. The molecule has 0 aromatic heterocycles. The summed E-state index contributed by atoms with van der Waals surface area (Å²) in [5.74, 6) is 0. The van der Waals surface area contributed by atoms with Gasteiger partial charge >= 0.3 is 0 Å². The zero-order valence-electron chi connectivity index (χ0n) is 26.2. The maximum absolute atomic E-state index is 2.41. The summed E-state index contributed by atoms with van der Waals surface area (Å²) in [6.45, 7) is 0. The highest BCUT2D eigenvalue weighted by atomic mass is 14.3. The first-order valence-corrected chi connectivity index (χ1v) is 16.8. The Hall–Kier alpha value is -6.24. The van der Waals surface area contributed by atoms with Gasteiger partial charge in [-0.05, 0) is 109 Å². The Balaban J connectivity index is 1.46. The molecule has 0 aliphatic heterocycles. The maximum Gasteiger partial charge on any atom is -0.000695 e. The zero-order chi connectivity index (χ0) is 31.3. The molecule has 11 rings (SSSR count). The monoisotopic (exact) mass is 604 g/mol. The van der Waals surface area contributed by atoms with E-state index in [1.54, 1.807) is 0 Å². The Kier molecular flexibility index (Phi) is 5.20.